The Labute approximate surface area is 78.3 Å². The molecule has 0 aromatic heterocycles. The van der Waals surface area contributed by atoms with E-state index in [1.54, 1.807) is 6.92 Å². The van der Waals surface area contributed by atoms with Gasteiger partial charge in [0, 0.05) is 6.54 Å². The van der Waals surface area contributed by atoms with Crippen molar-refractivity contribution in [3.8, 4) is 0 Å². The van der Waals surface area contributed by atoms with Gasteiger partial charge in [0.1, 0.15) is 0 Å². The van der Waals surface area contributed by atoms with E-state index in [0.29, 0.717) is 0 Å². The van der Waals surface area contributed by atoms with Crippen LogP contribution in [0.25, 0.3) is 0 Å². The quantitative estimate of drug-likeness (QED) is 0.642. The van der Waals surface area contributed by atoms with Gasteiger partial charge in [0.15, 0.2) is 0 Å². The number of carboxylic acids is 1. The molecule has 0 fully saturated rings. The highest BCUT2D eigenvalue weighted by Gasteiger charge is 2.17. The number of hydrogen-bond donors (Lipinski definition) is 2. The summed E-state index contributed by atoms with van der Waals surface area (Å²) in [6.45, 7) is 3.45. The first-order valence-corrected chi connectivity index (χ1v) is 3.84. The van der Waals surface area contributed by atoms with Crippen LogP contribution in [-0.2, 0) is 4.79 Å². The van der Waals surface area contributed by atoms with Crippen molar-refractivity contribution in [3.63, 3.8) is 0 Å². The maximum atomic E-state index is 10.5. The van der Waals surface area contributed by atoms with Crippen molar-refractivity contribution in [1.29, 1.82) is 0 Å². The summed E-state index contributed by atoms with van der Waals surface area (Å²) >= 11 is 0. The highest BCUT2D eigenvalue weighted by molar-refractivity contribution is 5.85. The molecule has 0 spiro atoms. The molecule has 0 amide bonds. The van der Waals surface area contributed by atoms with Crippen molar-refractivity contribution in [1.82, 2.24) is 5.32 Å². The van der Waals surface area contributed by atoms with Crippen molar-refractivity contribution < 1.29 is 9.90 Å². The van der Waals surface area contributed by atoms with Crippen LogP contribution in [0.5, 0.6) is 0 Å². The van der Waals surface area contributed by atoms with E-state index in [9.17, 15) is 4.79 Å². The molecule has 12 heavy (non-hydrogen) atoms. The number of aliphatic carboxylic acids is 1. The van der Waals surface area contributed by atoms with E-state index < -0.39 is 5.97 Å². The standard InChI is InChI=1S/C8H13NO2.ClH/c1-6(8(10)11)7-2-4-9-5-3-7;/h2,6,9H,3-5H2,1H3,(H,10,11);1H. The molecule has 1 atom stereocenters. The highest BCUT2D eigenvalue weighted by atomic mass is 35.5. The lowest BCUT2D eigenvalue weighted by Crippen LogP contribution is -2.25. The van der Waals surface area contributed by atoms with Gasteiger partial charge in [-0.25, -0.2) is 0 Å². The lowest BCUT2D eigenvalue weighted by atomic mass is 9.96. The van der Waals surface area contributed by atoms with Crippen LogP contribution < -0.4 is 5.32 Å². The number of halogens is 1. The molecule has 1 aliphatic heterocycles. The van der Waals surface area contributed by atoms with Gasteiger partial charge in [0.05, 0.1) is 5.92 Å². The summed E-state index contributed by atoms with van der Waals surface area (Å²) in [7, 11) is 0. The van der Waals surface area contributed by atoms with Gasteiger partial charge in [-0.3, -0.25) is 4.79 Å². The fourth-order valence-electron chi connectivity index (χ4n) is 1.19. The third-order valence-electron chi connectivity index (χ3n) is 2.03. The Bertz CT molecular complexity index is 191. The summed E-state index contributed by atoms with van der Waals surface area (Å²) in [5.74, 6) is -1.03. The minimum Gasteiger partial charge on any atom is -0.481 e. The molecular formula is C8H14ClNO2. The van der Waals surface area contributed by atoms with E-state index >= 15 is 0 Å². The van der Waals surface area contributed by atoms with Crippen LogP contribution in [0.1, 0.15) is 13.3 Å². The Kier molecular flexibility index (Phi) is 4.93. The molecule has 0 saturated heterocycles. The topological polar surface area (TPSA) is 49.3 Å². The van der Waals surface area contributed by atoms with Gasteiger partial charge in [-0.1, -0.05) is 11.6 Å². The normalized spacial score (nSPS) is 18.9. The summed E-state index contributed by atoms with van der Waals surface area (Å²) in [4.78, 5) is 10.5. The zero-order valence-corrected chi connectivity index (χ0v) is 7.86. The number of carbonyl (C=O) groups is 1. The second kappa shape index (κ2) is 5.17. The average molecular weight is 192 g/mol. The van der Waals surface area contributed by atoms with Crippen molar-refractivity contribution in [2.45, 2.75) is 13.3 Å². The number of rotatable bonds is 2. The zero-order chi connectivity index (χ0) is 8.27. The third-order valence-corrected chi connectivity index (χ3v) is 2.03. The maximum absolute atomic E-state index is 10.5. The number of nitrogens with one attached hydrogen (secondary N) is 1. The largest absolute Gasteiger partial charge is 0.481 e. The lowest BCUT2D eigenvalue weighted by molar-refractivity contribution is -0.139. The predicted molar refractivity (Wildman–Crippen MR) is 49.6 cm³/mol. The second-order valence-electron chi connectivity index (χ2n) is 2.79. The monoisotopic (exact) mass is 191 g/mol. The number of carboxylic acid groups (broad SMARTS) is 1. The zero-order valence-electron chi connectivity index (χ0n) is 7.04. The van der Waals surface area contributed by atoms with Gasteiger partial charge >= 0.3 is 5.97 Å². The van der Waals surface area contributed by atoms with Crippen LogP contribution in [0.15, 0.2) is 11.6 Å². The van der Waals surface area contributed by atoms with Crippen molar-refractivity contribution in [3.05, 3.63) is 11.6 Å². The van der Waals surface area contributed by atoms with Crippen LogP contribution in [0.3, 0.4) is 0 Å². The first-order chi connectivity index (χ1) is 5.22. The van der Waals surface area contributed by atoms with Crippen LogP contribution >= 0.6 is 12.4 Å². The van der Waals surface area contributed by atoms with E-state index in [2.05, 4.69) is 5.32 Å². The summed E-state index contributed by atoms with van der Waals surface area (Å²) in [6, 6.07) is 0. The molecule has 70 valence electrons. The Morgan fingerprint density at radius 2 is 2.42 bits per heavy atom. The summed E-state index contributed by atoms with van der Waals surface area (Å²) in [6.07, 6.45) is 2.84. The molecule has 4 heteroatoms. The lowest BCUT2D eigenvalue weighted by Gasteiger charge is -2.16. The molecule has 1 heterocycles. The summed E-state index contributed by atoms with van der Waals surface area (Å²) in [5.41, 5.74) is 1.05. The number of hydrogen-bond acceptors (Lipinski definition) is 2. The van der Waals surface area contributed by atoms with Gasteiger partial charge in [0.25, 0.3) is 0 Å². The molecule has 0 saturated carbocycles. The Morgan fingerprint density at radius 3 is 2.83 bits per heavy atom. The predicted octanol–water partition coefficient (Wildman–Crippen LogP) is 1.05. The van der Waals surface area contributed by atoms with Crippen LogP contribution in [0.2, 0.25) is 0 Å². The Hall–Kier alpha value is -0.540. The van der Waals surface area contributed by atoms with Gasteiger partial charge in [-0.05, 0) is 19.9 Å². The van der Waals surface area contributed by atoms with Gasteiger partial charge < -0.3 is 10.4 Å². The van der Waals surface area contributed by atoms with Crippen molar-refractivity contribution in [2.24, 2.45) is 5.92 Å². The molecule has 1 unspecified atom stereocenters. The molecule has 0 aliphatic carbocycles. The van der Waals surface area contributed by atoms with E-state index in [1.807, 2.05) is 6.08 Å². The minimum absolute atomic E-state index is 0. The van der Waals surface area contributed by atoms with Gasteiger partial charge in [-0.15, -0.1) is 12.4 Å². The molecule has 2 N–H and O–H groups in total. The highest BCUT2D eigenvalue weighted by Crippen LogP contribution is 2.15. The van der Waals surface area contributed by atoms with Crippen molar-refractivity contribution in [2.75, 3.05) is 13.1 Å². The molecule has 0 bridgehead atoms. The minimum atomic E-state index is -0.724. The Balaban J connectivity index is 0.00000121. The smallest absolute Gasteiger partial charge is 0.310 e. The van der Waals surface area contributed by atoms with E-state index in [-0.39, 0.29) is 18.3 Å². The Morgan fingerprint density at radius 1 is 1.75 bits per heavy atom. The first kappa shape index (κ1) is 11.5. The summed E-state index contributed by atoms with van der Waals surface area (Å²) < 4.78 is 0. The van der Waals surface area contributed by atoms with Crippen molar-refractivity contribution >= 4 is 18.4 Å². The molecule has 3 nitrogen and oxygen atoms in total. The molecule has 0 aromatic carbocycles. The molecule has 1 aliphatic rings. The molecular weight excluding hydrogens is 178 g/mol. The van der Waals surface area contributed by atoms with Crippen LogP contribution in [0.4, 0.5) is 0 Å². The molecule has 1 rings (SSSR count). The molecule has 0 radical (unpaired) electrons. The average Bonchev–Trinajstić information content (AvgIpc) is 2.05. The van der Waals surface area contributed by atoms with Gasteiger partial charge in [-0.2, -0.15) is 0 Å². The molecule has 0 aromatic rings. The van der Waals surface area contributed by atoms with Crippen LogP contribution in [0, 0.1) is 5.92 Å². The second-order valence-corrected chi connectivity index (χ2v) is 2.79. The van der Waals surface area contributed by atoms with E-state index in [4.69, 9.17) is 5.11 Å². The maximum Gasteiger partial charge on any atom is 0.310 e. The van der Waals surface area contributed by atoms with E-state index in [0.717, 1.165) is 25.1 Å². The fraction of sp³-hybridized carbons (Fsp3) is 0.625. The third kappa shape index (κ3) is 2.83. The first-order valence-electron chi connectivity index (χ1n) is 3.84. The van der Waals surface area contributed by atoms with Gasteiger partial charge in [0.2, 0.25) is 0 Å². The fourth-order valence-corrected chi connectivity index (χ4v) is 1.19. The summed E-state index contributed by atoms with van der Waals surface area (Å²) in [5, 5.41) is 11.8. The van der Waals surface area contributed by atoms with E-state index in [1.165, 1.54) is 0 Å². The SMILES string of the molecule is CC(C(=O)O)C1=CCNCC1.Cl. The van der Waals surface area contributed by atoms with Crippen LogP contribution in [-0.4, -0.2) is 24.2 Å².